The minimum atomic E-state index is -0.696. The minimum Gasteiger partial charge on any atom is -0.276 e. The molecule has 2 N–H and O–H groups in total. The number of rotatable bonds is 0. The molecule has 0 aromatic heterocycles. The Hall–Kier alpha value is -1.96. The monoisotopic (exact) mass is 198 g/mol. The SMILES string of the molecule is O=C1CN(C2=NC(=O)NOC2)C(=O)N1. The van der Waals surface area contributed by atoms with Crippen molar-refractivity contribution in [3.63, 3.8) is 0 Å². The molecule has 0 aromatic carbocycles. The molecule has 8 nitrogen and oxygen atoms in total. The van der Waals surface area contributed by atoms with E-state index in [4.69, 9.17) is 0 Å². The van der Waals surface area contributed by atoms with Gasteiger partial charge < -0.3 is 0 Å². The number of nitrogens with one attached hydrogen (secondary N) is 2. The maximum absolute atomic E-state index is 11.1. The van der Waals surface area contributed by atoms with Gasteiger partial charge in [-0.1, -0.05) is 0 Å². The lowest BCUT2D eigenvalue weighted by Crippen LogP contribution is -2.43. The molecular formula is C6H6N4O4. The zero-order chi connectivity index (χ0) is 10.1. The lowest BCUT2D eigenvalue weighted by Gasteiger charge is -2.18. The number of imide groups is 1. The first-order valence-corrected chi connectivity index (χ1v) is 3.77. The molecule has 2 aliphatic rings. The fraction of sp³-hybridized carbons (Fsp3) is 0.333. The quantitative estimate of drug-likeness (QED) is 0.467. The van der Waals surface area contributed by atoms with E-state index in [0.717, 1.165) is 4.90 Å². The predicted octanol–water partition coefficient (Wildman–Crippen LogP) is -1.41. The van der Waals surface area contributed by atoms with Crippen LogP contribution < -0.4 is 10.8 Å². The van der Waals surface area contributed by atoms with Gasteiger partial charge in [0.1, 0.15) is 19.0 Å². The number of nitrogens with zero attached hydrogens (tertiary/aromatic N) is 2. The summed E-state index contributed by atoms with van der Waals surface area (Å²) >= 11 is 0. The smallest absolute Gasteiger partial charge is 0.276 e. The number of amidine groups is 1. The Balaban J connectivity index is 2.19. The van der Waals surface area contributed by atoms with Crippen molar-refractivity contribution >= 4 is 23.8 Å². The molecule has 5 amide bonds. The Morgan fingerprint density at radius 1 is 1.36 bits per heavy atom. The molecule has 0 bridgehead atoms. The second kappa shape index (κ2) is 3.07. The van der Waals surface area contributed by atoms with E-state index < -0.39 is 18.0 Å². The van der Waals surface area contributed by atoms with E-state index in [1.807, 2.05) is 5.48 Å². The number of aliphatic imine (C=N–C) groups is 1. The molecule has 1 saturated heterocycles. The van der Waals surface area contributed by atoms with Crippen LogP contribution in [-0.2, 0) is 9.63 Å². The third-order valence-electron chi connectivity index (χ3n) is 1.70. The highest BCUT2D eigenvalue weighted by Gasteiger charge is 2.32. The summed E-state index contributed by atoms with van der Waals surface area (Å²) in [5, 5.41) is 2.06. The summed E-state index contributed by atoms with van der Waals surface area (Å²) in [4.78, 5) is 41.9. The molecule has 2 rings (SSSR count). The molecule has 0 saturated carbocycles. The number of carbonyl (C=O) groups excluding carboxylic acids is 3. The maximum atomic E-state index is 11.1. The third kappa shape index (κ3) is 1.42. The number of hydrogen-bond acceptors (Lipinski definition) is 4. The van der Waals surface area contributed by atoms with Crippen LogP contribution in [0.3, 0.4) is 0 Å². The largest absolute Gasteiger partial charge is 0.366 e. The molecule has 14 heavy (non-hydrogen) atoms. The van der Waals surface area contributed by atoms with Crippen LogP contribution in [0.4, 0.5) is 9.59 Å². The Morgan fingerprint density at radius 3 is 2.71 bits per heavy atom. The van der Waals surface area contributed by atoms with E-state index in [-0.39, 0.29) is 19.0 Å². The van der Waals surface area contributed by atoms with Gasteiger partial charge in [0.15, 0.2) is 0 Å². The average molecular weight is 198 g/mol. The van der Waals surface area contributed by atoms with Crippen molar-refractivity contribution < 1.29 is 19.2 Å². The number of hydrogen-bond donors (Lipinski definition) is 2. The Morgan fingerprint density at radius 2 is 2.14 bits per heavy atom. The number of carbonyl (C=O) groups is 3. The molecular weight excluding hydrogens is 192 g/mol. The third-order valence-corrected chi connectivity index (χ3v) is 1.70. The Labute approximate surface area is 77.9 Å². The topological polar surface area (TPSA) is 100 Å². The fourth-order valence-electron chi connectivity index (χ4n) is 1.12. The van der Waals surface area contributed by atoms with Crippen molar-refractivity contribution in [1.29, 1.82) is 0 Å². The lowest BCUT2D eigenvalue weighted by molar-refractivity contribution is -0.118. The number of hydroxylamine groups is 1. The first kappa shape index (κ1) is 8.63. The van der Waals surface area contributed by atoms with Crippen molar-refractivity contribution in [1.82, 2.24) is 15.7 Å². The van der Waals surface area contributed by atoms with Crippen LogP contribution in [0.15, 0.2) is 4.99 Å². The standard InChI is InChI=1S/C6H6N4O4/c11-4-1-10(6(13)8-4)3-2-14-9-5(12)7-3/h1-2H2,(H,9,12)(H,8,11,13). The van der Waals surface area contributed by atoms with Gasteiger partial charge in [-0.15, -0.1) is 0 Å². The van der Waals surface area contributed by atoms with Gasteiger partial charge in [-0.3, -0.25) is 19.8 Å². The Bertz CT molecular complexity index is 350. The van der Waals surface area contributed by atoms with Crippen LogP contribution in [0.2, 0.25) is 0 Å². The summed E-state index contributed by atoms with van der Waals surface area (Å²) in [6.07, 6.45) is 0. The van der Waals surface area contributed by atoms with Crippen molar-refractivity contribution in [2.24, 2.45) is 4.99 Å². The zero-order valence-corrected chi connectivity index (χ0v) is 6.94. The van der Waals surface area contributed by atoms with Crippen molar-refractivity contribution in [3.05, 3.63) is 0 Å². The molecule has 8 heteroatoms. The predicted molar refractivity (Wildman–Crippen MR) is 42.2 cm³/mol. The summed E-state index contributed by atoms with van der Waals surface area (Å²) in [6, 6.07) is -1.29. The molecule has 2 heterocycles. The summed E-state index contributed by atoms with van der Waals surface area (Å²) in [6.45, 7) is -0.166. The second-order valence-electron chi connectivity index (χ2n) is 2.66. The Kier molecular flexibility index (Phi) is 1.89. The van der Waals surface area contributed by atoms with E-state index in [9.17, 15) is 14.4 Å². The van der Waals surface area contributed by atoms with Gasteiger partial charge in [0.25, 0.3) is 0 Å². The van der Waals surface area contributed by atoms with Crippen molar-refractivity contribution in [2.75, 3.05) is 13.2 Å². The van der Waals surface area contributed by atoms with Crippen LogP contribution in [0.5, 0.6) is 0 Å². The molecule has 1 fully saturated rings. The van der Waals surface area contributed by atoms with E-state index >= 15 is 0 Å². The van der Waals surface area contributed by atoms with Gasteiger partial charge in [-0.25, -0.2) is 15.1 Å². The first-order chi connectivity index (χ1) is 6.66. The van der Waals surface area contributed by atoms with Gasteiger partial charge >= 0.3 is 12.1 Å². The molecule has 0 aromatic rings. The molecule has 74 valence electrons. The fourth-order valence-corrected chi connectivity index (χ4v) is 1.12. The normalized spacial score (nSPS) is 21.9. The van der Waals surface area contributed by atoms with Crippen LogP contribution in [-0.4, -0.2) is 41.9 Å². The van der Waals surface area contributed by atoms with Gasteiger partial charge in [-0.05, 0) is 0 Å². The van der Waals surface area contributed by atoms with Crippen molar-refractivity contribution in [2.45, 2.75) is 0 Å². The van der Waals surface area contributed by atoms with Crippen LogP contribution in [0.25, 0.3) is 0 Å². The van der Waals surface area contributed by atoms with Gasteiger partial charge in [0, 0.05) is 0 Å². The van der Waals surface area contributed by atoms with Gasteiger partial charge in [0.05, 0.1) is 0 Å². The zero-order valence-electron chi connectivity index (χ0n) is 6.94. The first-order valence-electron chi connectivity index (χ1n) is 3.77. The highest BCUT2D eigenvalue weighted by molar-refractivity contribution is 6.13. The van der Waals surface area contributed by atoms with Crippen molar-refractivity contribution in [3.8, 4) is 0 Å². The van der Waals surface area contributed by atoms with Gasteiger partial charge in [-0.2, -0.15) is 4.99 Å². The van der Waals surface area contributed by atoms with Crippen LogP contribution in [0, 0.1) is 0 Å². The summed E-state index contributed by atoms with van der Waals surface area (Å²) < 4.78 is 0. The maximum Gasteiger partial charge on any atom is 0.366 e. The average Bonchev–Trinajstić information content (AvgIpc) is 2.45. The van der Waals surface area contributed by atoms with E-state index in [0.29, 0.717) is 0 Å². The summed E-state index contributed by atoms with van der Waals surface area (Å²) in [5.74, 6) is -0.305. The van der Waals surface area contributed by atoms with Crippen LogP contribution in [0.1, 0.15) is 0 Å². The van der Waals surface area contributed by atoms with E-state index in [1.165, 1.54) is 0 Å². The summed E-state index contributed by atoms with van der Waals surface area (Å²) in [5.41, 5.74) is 1.99. The molecule has 0 atom stereocenters. The van der Waals surface area contributed by atoms with Crippen LogP contribution >= 0.6 is 0 Å². The summed E-state index contributed by atoms with van der Waals surface area (Å²) in [7, 11) is 0. The minimum absolute atomic E-state index is 0.0353. The second-order valence-corrected chi connectivity index (χ2v) is 2.66. The highest BCUT2D eigenvalue weighted by atomic mass is 16.7. The molecule has 0 aliphatic carbocycles. The number of urea groups is 2. The molecule has 0 spiro atoms. The molecule has 0 radical (unpaired) electrons. The lowest BCUT2D eigenvalue weighted by atomic mass is 10.5. The number of amides is 5. The molecule has 0 unspecified atom stereocenters. The highest BCUT2D eigenvalue weighted by Crippen LogP contribution is 2.03. The van der Waals surface area contributed by atoms with E-state index in [1.54, 1.807) is 0 Å². The van der Waals surface area contributed by atoms with Gasteiger partial charge in [0.2, 0.25) is 5.91 Å². The van der Waals surface area contributed by atoms with E-state index in [2.05, 4.69) is 15.1 Å². The molecule has 2 aliphatic heterocycles.